The third kappa shape index (κ3) is 6.51. The highest BCUT2D eigenvalue weighted by molar-refractivity contribution is 7.99. The molecule has 0 amide bonds. The number of methoxy groups -OCH3 is 1. The van der Waals surface area contributed by atoms with E-state index in [0.717, 1.165) is 27.7 Å². The number of para-hydroxylation sites is 2. The Hall–Kier alpha value is -3.99. The van der Waals surface area contributed by atoms with Crippen LogP contribution in [0.15, 0.2) is 84.9 Å². The van der Waals surface area contributed by atoms with E-state index in [4.69, 9.17) is 14.2 Å². The van der Waals surface area contributed by atoms with Crippen molar-refractivity contribution in [1.29, 1.82) is 0 Å². The zero-order valence-corrected chi connectivity index (χ0v) is 24.2. The van der Waals surface area contributed by atoms with Crippen LogP contribution in [-0.4, -0.2) is 40.7 Å². The maximum Gasteiger partial charge on any atom is 0.335 e. The van der Waals surface area contributed by atoms with E-state index >= 15 is 0 Å². The number of pyridine rings is 1. The molecule has 4 aromatic rings. The van der Waals surface area contributed by atoms with Crippen molar-refractivity contribution in [3.05, 3.63) is 102 Å². The van der Waals surface area contributed by atoms with Crippen molar-refractivity contribution in [3.63, 3.8) is 0 Å². The van der Waals surface area contributed by atoms with Crippen molar-refractivity contribution in [2.75, 3.05) is 12.1 Å². The summed E-state index contributed by atoms with van der Waals surface area (Å²) >= 11 is 8.86. The molecule has 1 aromatic heterocycles. The predicted molar refractivity (Wildman–Crippen MR) is 165 cm³/mol. The molecule has 0 bridgehead atoms. The van der Waals surface area contributed by atoms with Crippen LogP contribution in [0.4, 0.5) is 5.69 Å². The lowest BCUT2D eigenvalue weighted by molar-refractivity contribution is -0.158. The van der Waals surface area contributed by atoms with E-state index in [9.17, 15) is 9.59 Å². The van der Waals surface area contributed by atoms with Crippen LogP contribution >= 0.6 is 25.3 Å². The number of fused-ring (bicyclic) bond motifs is 1. The smallest absolute Gasteiger partial charge is 0.335 e. The van der Waals surface area contributed by atoms with Crippen LogP contribution in [0, 0.1) is 6.92 Å². The summed E-state index contributed by atoms with van der Waals surface area (Å²) in [5, 5.41) is 2.59. The summed E-state index contributed by atoms with van der Waals surface area (Å²) in [6, 6.07) is 23.2. The summed E-state index contributed by atoms with van der Waals surface area (Å²) in [5.41, 5.74) is 6.94. The Morgan fingerprint density at radius 3 is 2.61 bits per heavy atom. The molecular weight excluding hydrogens is 558 g/mol. The average molecular weight is 588 g/mol. The Labute approximate surface area is 249 Å². The second kappa shape index (κ2) is 12.7. The van der Waals surface area contributed by atoms with Crippen LogP contribution < -0.4 is 19.9 Å². The fourth-order valence-electron chi connectivity index (χ4n) is 4.43. The van der Waals surface area contributed by atoms with Crippen LogP contribution in [0.3, 0.4) is 0 Å². The molecule has 0 spiro atoms. The number of hydrogen-bond donors (Lipinski definition) is 3. The monoisotopic (exact) mass is 587 g/mol. The van der Waals surface area contributed by atoms with Crippen LogP contribution in [0.1, 0.15) is 16.8 Å². The van der Waals surface area contributed by atoms with Gasteiger partial charge in [0.15, 0.2) is 11.8 Å². The Morgan fingerprint density at radius 1 is 1.07 bits per heavy atom. The van der Waals surface area contributed by atoms with E-state index in [1.54, 1.807) is 30.3 Å². The Bertz CT molecular complexity index is 1590. The standard InChI is InChI=1S/C31H29N3O5S2/c1-19-10-14-21-7-5-9-26(27(21)32-19)38-18-22-6-3-4-8-24(22)34-29(31(40)41)39-30(36)28(33-34)25(35)17-13-20-11-15-23(37-2)16-12-20/h3-17,28-29,31,33,40-41H,18H2,1-2H3/b17-13+. The lowest BCUT2D eigenvalue weighted by Gasteiger charge is -2.41. The van der Waals surface area contributed by atoms with Gasteiger partial charge in [-0.3, -0.25) is 9.80 Å². The summed E-state index contributed by atoms with van der Waals surface area (Å²) in [5.74, 6) is 0.175. The van der Waals surface area contributed by atoms with Gasteiger partial charge < -0.3 is 14.2 Å². The first-order chi connectivity index (χ1) is 19.8. The summed E-state index contributed by atoms with van der Waals surface area (Å²) in [7, 11) is 1.58. The molecule has 10 heteroatoms. The van der Waals surface area contributed by atoms with Gasteiger partial charge in [-0.25, -0.2) is 15.2 Å². The number of esters is 1. The maximum absolute atomic E-state index is 13.1. The molecule has 2 unspecified atom stereocenters. The summed E-state index contributed by atoms with van der Waals surface area (Å²) < 4.78 is 16.4. The van der Waals surface area contributed by atoms with Crippen molar-refractivity contribution < 1.29 is 23.8 Å². The van der Waals surface area contributed by atoms with E-state index in [2.05, 4.69) is 35.7 Å². The van der Waals surface area contributed by atoms with Crippen LogP contribution in [0.25, 0.3) is 17.0 Å². The third-order valence-electron chi connectivity index (χ3n) is 6.55. The van der Waals surface area contributed by atoms with Crippen LogP contribution in [0.5, 0.6) is 11.5 Å². The number of ketones is 1. The topological polar surface area (TPSA) is 90.0 Å². The molecule has 1 aliphatic rings. The molecule has 1 fully saturated rings. The summed E-state index contributed by atoms with van der Waals surface area (Å²) in [6.45, 7) is 2.13. The van der Waals surface area contributed by atoms with Gasteiger partial charge in [-0.1, -0.05) is 54.6 Å². The number of nitrogens with one attached hydrogen (secondary N) is 1. The summed E-state index contributed by atoms with van der Waals surface area (Å²) in [6.07, 6.45) is 2.09. The number of aryl methyl sites for hydroxylation is 1. The van der Waals surface area contributed by atoms with E-state index < -0.39 is 28.6 Å². The summed E-state index contributed by atoms with van der Waals surface area (Å²) in [4.78, 5) is 30.7. The van der Waals surface area contributed by atoms with Crippen LogP contribution in [-0.2, 0) is 20.9 Å². The van der Waals surface area contributed by atoms with Crippen molar-refractivity contribution in [2.24, 2.45) is 0 Å². The lowest BCUT2D eigenvalue weighted by atomic mass is 10.1. The van der Waals surface area contributed by atoms with Gasteiger partial charge in [0.1, 0.15) is 28.2 Å². The second-order valence-electron chi connectivity index (χ2n) is 9.38. The second-order valence-corrected chi connectivity index (χ2v) is 10.9. The lowest BCUT2D eigenvalue weighted by Crippen LogP contribution is -2.64. The quantitative estimate of drug-likeness (QED) is 0.0814. The Kier molecular flexibility index (Phi) is 8.82. The van der Waals surface area contributed by atoms with Crippen molar-refractivity contribution in [1.82, 2.24) is 10.4 Å². The molecule has 5 rings (SSSR count). The number of carbonyl (C=O) groups excluding carboxylic acids is 2. The molecular formula is C31H29N3O5S2. The molecule has 2 atom stereocenters. The predicted octanol–water partition coefficient (Wildman–Crippen LogP) is 5.16. The van der Waals surface area contributed by atoms with Crippen molar-refractivity contribution in [3.8, 4) is 11.5 Å². The van der Waals surface area contributed by atoms with Gasteiger partial charge in [0.05, 0.1) is 12.8 Å². The molecule has 41 heavy (non-hydrogen) atoms. The molecule has 0 saturated carbocycles. The molecule has 0 aliphatic carbocycles. The number of rotatable bonds is 9. The number of cyclic esters (lactones) is 1. The SMILES string of the molecule is COc1ccc(/C=C/C(=O)C2NN(c3ccccc3COc3cccc4ccc(C)nc34)C(C(S)S)OC2=O)cc1. The highest BCUT2D eigenvalue weighted by Gasteiger charge is 2.41. The number of hydrogen-bond acceptors (Lipinski definition) is 10. The van der Waals surface area contributed by atoms with Crippen molar-refractivity contribution >= 4 is 59.7 Å². The first-order valence-electron chi connectivity index (χ1n) is 12.9. The highest BCUT2D eigenvalue weighted by Crippen LogP contribution is 2.31. The number of thiol groups is 2. The van der Waals surface area contributed by atoms with Gasteiger partial charge in [0.25, 0.3) is 0 Å². The van der Waals surface area contributed by atoms with Crippen molar-refractivity contribution in [2.45, 2.75) is 30.4 Å². The van der Waals surface area contributed by atoms with Gasteiger partial charge in [-0.05, 0) is 48.9 Å². The number of ether oxygens (including phenoxy) is 3. The van der Waals surface area contributed by atoms with Gasteiger partial charge >= 0.3 is 5.97 Å². The zero-order valence-electron chi connectivity index (χ0n) is 22.4. The van der Waals surface area contributed by atoms with Gasteiger partial charge in [0.2, 0.25) is 6.23 Å². The fraction of sp³-hybridized carbons (Fsp3) is 0.194. The molecule has 2 heterocycles. The molecule has 1 aliphatic heterocycles. The normalized spacial score (nSPS) is 17.2. The highest BCUT2D eigenvalue weighted by atomic mass is 32.2. The maximum atomic E-state index is 13.1. The average Bonchev–Trinajstić information content (AvgIpc) is 2.99. The number of anilines is 1. The number of benzene rings is 3. The van der Waals surface area contributed by atoms with E-state index in [1.807, 2.05) is 73.7 Å². The number of carbonyl (C=O) groups is 2. The Balaban J connectivity index is 1.39. The number of aromatic nitrogens is 1. The molecule has 8 nitrogen and oxygen atoms in total. The molecule has 1 N–H and O–H groups in total. The van der Waals surface area contributed by atoms with Crippen LogP contribution in [0.2, 0.25) is 0 Å². The Morgan fingerprint density at radius 2 is 1.85 bits per heavy atom. The molecule has 210 valence electrons. The largest absolute Gasteiger partial charge is 0.497 e. The first kappa shape index (κ1) is 28.5. The van der Waals surface area contributed by atoms with Gasteiger partial charge in [-0.15, -0.1) is 0 Å². The number of nitrogens with zero attached hydrogens (tertiary/aromatic N) is 2. The van der Waals surface area contributed by atoms with Gasteiger partial charge in [-0.2, -0.15) is 25.3 Å². The minimum atomic E-state index is -1.26. The zero-order chi connectivity index (χ0) is 28.9. The van der Waals surface area contributed by atoms with E-state index in [1.165, 1.54) is 6.08 Å². The minimum absolute atomic E-state index is 0.198. The van der Waals surface area contributed by atoms with E-state index in [0.29, 0.717) is 17.2 Å². The first-order valence-corrected chi connectivity index (χ1v) is 13.9. The van der Waals surface area contributed by atoms with E-state index in [-0.39, 0.29) is 6.61 Å². The number of hydrazine groups is 1. The molecule has 3 aromatic carbocycles. The van der Waals surface area contributed by atoms with Gasteiger partial charge in [0, 0.05) is 16.6 Å². The third-order valence-corrected chi connectivity index (χ3v) is 7.06. The molecule has 1 saturated heterocycles. The fourth-order valence-corrected chi connectivity index (χ4v) is 4.82. The molecule has 0 radical (unpaired) electrons. The minimum Gasteiger partial charge on any atom is -0.497 e.